The Morgan fingerprint density at radius 1 is 0.391 bits per heavy atom. The molecule has 0 bridgehead atoms. The van der Waals surface area contributed by atoms with Gasteiger partial charge in [0.2, 0.25) is 5.95 Å². The summed E-state index contributed by atoms with van der Waals surface area (Å²) in [5.41, 5.74) is 9.90. The molecule has 5 nitrogen and oxygen atoms in total. The Labute approximate surface area is 266 Å². The Morgan fingerprint density at radius 2 is 0.848 bits per heavy atom. The van der Waals surface area contributed by atoms with Gasteiger partial charge in [-0.2, -0.15) is 9.97 Å². The SMILES string of the molecule is Cc1ccc2c(c1)c1cc3c4cc(C)ccc4n(-c4nc(-c5ccccc5)nc(-c5ccccc5)n4)c3cc1n2-c1ccccc1. The first kappa shape index (κ1) is 26.3. The summed E-state index contributed by atoms with van der Waals surface area (Å²) in [6.07, 6.45) is 0. The summed E-state index contributed by atoms with van der Waals surface area (Å²) >= 11 is 0. The molecule has 46 heavy (non-hydrogen) atoms. The highest BCUT2D eigenvalue weighted by Crippen LogP contribution is 2.40. The number of aryl methyl sites for hydroxylation is 2. The van der Waals surface area contributed by atoms with Crippen LogP contribution < -0.4 is 0 Å². The van der Waals surface area contributed by atoms with Gasteiger partial charge in [0.25, 0.3) is 0 Å². The molecule has 5 heteroatoms. The van der Waals surface area contributed by atoms with E-state index in [0.29, 0.717) is 17.6 Å². The molecule has 0 saturated heterocycles. The van der Waals surface area contributed by atoms with Crippen LogP contribution in [0.25, 0.3) is 78.0 Å². The maximum absolute atomic E-state index is 5.14. The van der Waals surface area contributed by atoms with Gasteiger partial charge in [-0.05, 0) is 62.4 Å². The molecular weight excluding hydrogens is 562 g/mol. The molecule has 218 valence electrons. The second-order valence-corrected chi connectivity index (χ2v) is 11.9. The monoisotopic (exact) mass is 591 g/mol. The zero-order chi connectivity index (χ0) is 30.8. The van der Waals surface area contributed by atoms with Crippen LogP contribution in [0.5, 0.6) is 0 Å². The Morgan fingerprint density at radius 3 is 1.39 bits per heavy atom. The highest BCUT2D eigenvalue weighted by atomic mass is 15.2. The number of hydrogen-bond acceptors (Lipinski definition) is 3. The van der Waals surface area contributed by atoms with E-state index in [1.54, 1.807) is 0 Å². The molecule has 9 rings (SSSR count). The number of rotatable bonds is 4. The molecule has 0 atom stereocenters. The van der Waals surface area contributed by atoms with E-state index in [9.17, 15) is 0 Å². The van der Waals surface area contributed by atoms with Gasteiger partial charge in [-0.3, -0.25) is 4.57 Å². The Hall–Kier alpha value is -6.07. The molecule has 0 spiro atoms. The van der Waals surface area contributed by atoms with Crippen LogP contribution in [0, 0.1) is 13.8 Å². The number of para-hydroxylation sites is 1. The Bertz CT molecular complexity index is 2520. The topological polar surface area (TPSA) is 48.5 Å². The highest BCUT2D eigenvalue weighted by Gasteiger charge is 2.21. The van der Waals surface area contributed by atoms with E-state index in [1.807, 2.05) is 60.7 Å². The van der Waals surface area contributed by atoms with Crippen molar-refractivity contribution in [3.8, 4) is 34.4 Å². The van der Waals surface area contributed by atoms with E-state index in [2.05, 4.69) is 102 Å². The third kappa shape index (κ3) is 4.13. The third-order valence-corrected chi connectivity index (χ3v) is 8.86. The van der Waals surface area contributed by atoms with Crippen LogP contribution in [0.1, 0.15) is 11.1 Å². The quantitative estimate of drug-likeness (QED) is 0.205. The molecule has 9 aromatic rings. The fourth-order valence-electron chi connectivity index (χ4n) is 6.73. The van der Waals surface area contributed by atoms with Crippen LogP contribution >= 0.6 is 0 Å². The van der Waals surface area contributed by atoms with Crippen molar-refractivity contribution in [2.75, 3.05) is 0 Å². The lowest BCUT2D eigenvalue weighted by Crippen LogP contribution is -2.06. The fourth-order valence-corrected chi connectivity index (χ4v) is 6.73. The van der Waals surface area contributed by atoms with Crippen molar-refractivity contribution in [3.05, 3.63) is 151 Å². The second kappa shape index (κ2) is 10.2. The van der Waals surface area contributed by atoms with E-state index >= 15 is 0 Å². The van der Waals surface area contributed by atoms with Crippen LogP contribution in [0.2, 0.25) is 0 Å². The number of hydrogen-bond donors (Lipinski definition) is 0. The van der Waals surface area contributed by atoms with Crippen molar-refractivity contribution in [3.63, 3.8) is 0 Å². The van der Waals surface area contributed by atoms with Crippen LogP contribution in [0.4, 0.5) is 0 Å². The molecule has 3 heterocycles. The van der Waals surface area contributed by atoms with E-state index in [-0.39, 0.29) is 0 Å². The first-order valence-electron chi connectivity index (χ1n) is 15.5. The van der Waals surface area contributed by atoms with Crippen molar-refractivity contribution in [1.29, 1.82) is 0 Å². The van der Waals surface area contributed by atoms with Gasteiger partial charge in [0.1, 0.15) is 0 Å². The van der Waals surface area contributed by atoms with Gasteiger partial charge in [0.15, 0.2) is 11.6 Å². The summed E-state index contributed by atoms with van der Waals surface area (Å²) in [7, 11) is 0. The van der Waals surface area contributed by atoms with Gasteiger partial charge in [0, 0.05) is 38.4 Å². The second-order valence-electron chi connectivity index (χ2n) is 11.9. The van der Waals surface area contributed by atoms with Gasteiger partial charge in [-0.25, -0.2) is 4.98 Å². The molecule has 3 aromatic heterocycles. The summed E-state index contributed by atoms with van der Waals surface area (Å²) in [5, 5.41) is 4.81. The van der Waals surface area contributed by atoms with E-state index < -0.39 is 0 Å². The van der Waals surface area contributed by atoms with Crippen molar-refractivity contribution < 1.29 is 0 Å². The van der Waals surface area contributed by atoms with Gasteiger partial charge in [-0.1, -0.05) is 102 Å². The Balaban J connectivity index is 1.43. The molecule has 0 aliphatic heterocycles. The molecule has 0 fully saturated rings. The average molecular weight is 592 g/mol. The van der Waals surface area contributed by atoms with E-state index in [1.165, 1.54) is 38.2 Å². The summed E-state index contributed by atoms with van der Waals surface area (Å²) in [6, 6.07) is 48.9. The van der Waals surface area contributed by atoms with Crippen LogP contribution in [0.3, 0.4) is 0 Å². The van der Waals surface area contributed by atoms with Crippen LogP contribution in [-0.2, 0) is 0 Å². The van der Waals surface area contributed by atoms with Crippen molar-refractivity contribution in [1.82, 2.24) is 24.1 Å². The summed E-state index contributed by atoms with van der Waals surface area (Å²) in [5.74, 6) is 1.87. The smallest absolute Gasteiger partial charge is 0.238 e. The number of benzene rings is 6. The predicted molar refractivity (Wildman–Crippen MR) is 189 cm³/mol. The number of nitrogens with zero attached hydrogens (tertiary/aromatic N) is 5. The predicted octanol–water partition coefficient (Wildman–Crippen LogP) is 10.0. The van der Waals surface area contributed by atoms with Gasteiger partial charge < -0.3 is 4.57 Å². The van der Waals surface area contributed by atoms with Crippen LogP contribution in [0.15, 0.2) is 140 Å². The first-order valence-corrected chi connectivity index (χ1v) is 15.5. The molecule has 0 aliphatic rings. The number of aromatic nitrogens is 5. The average Bonchev–Trinajstić information content (AvgIpc) is 3.59. The van der Waals surface area contributed by atoms with E-state index in [4.69, 9.17) is 15.0 Å². The minimum Gasteiger partial charge on any atom is -0.309 e. The first-order chi connectivity index (χ1) is 22.6. The molecule has 0 N–H and O–H groups in total. The molecule has 0 radical (unpaired) electrons. The minimum atomic E-state index is 0.592. The molecule has 6 aromatic carbocycles. The molecule has 0 unspecified atom stereocenters. The standard InChI is InChI=1S/C41H29N5/c1-26-18-20-35-31(22-26)33-24-34-32-23-27(2)19-21-36(32)46(38(34)25-37(33)45(35)30-16-10-5-11-17-30)41-43-39(28-12-6-3-7-13-28)42-40(44-41)29-14-8-4-9-15-29/h3-25H,1-2H3. The number of fused-ring (bicyclic) bond motifs is 6. The minimum absolute atomic E-state index is 0.592. The normalized spacial score (nSPS) is 11.7. The van der Waals surface area contributed by atoms with Crippen molar-refractivity contribution in [2.45, 2.75) is 13.8 Å². The Kier molecular flexibility index (Phi) is 5.87. The molecular formula is C41H29N5. The molecule has 0 amide bonds. The largest absolute Gasteiger partial charge is 0.309 e. The summed E-state index contributed by atoms with van der Waals surface area (Å²) in [4.78, 5) is 15.2. The summed E-state index contributed by atoms with van der Waals surface area (Å²) < 4.78 is 4.58. The fraction of sp³-hybridized carbons (Fsp3) is 0.0488. The van der Waals surface area contributed by atoms with Gasteiger partial charge in [-0.15, -0.1) is 0 Å². The van der Waals surface area contributed by atoms with E-state index in [0.717, 1.165) is 33.4 Å². The van der Waals surface area contributed by atoms with Crippen molar-refractivity contribution in [2.24, 2.45) is 0 Å². The molecule has 0 saturated carbocycles. The zero-order valence-corrected chi connectivity index (χ0v) is 25.5. The lowest BCUT2D eigenvalue weighted by molar-refractivity contribution is 0.953. The van der Waals surface area contributed by atoms with Crippen LogP contribution in [-0.4, -0.2) is 24.1 Å². The highest BCUT2D eigenvalue weighted by molar-refractivity contribution is 6.19. The van der Waals surface area contributed by atoms with Gasteiger partial charge in [0.05, 0.1) is 22.1 Å². The van der Waals surface area contributed by atoms with Gasteiger partial charge >= 0.3 is 0 Å². The lowest BCUT2D eigenvalue weighted by Gasteiger charge is -2.11. The molecule has 0 aliphatic carbocycles. The summed E-state index contributed by atoms with van der Waals surface area (Å²) in [6.45, 7) is 4.31. The lowest BCUT2D eigenvalue weighted by atomic mass is 10.1. The maximum atomic E-state index is 5.14. The maximum Gasteiger partial charge on any atom is 0.238 e. The van der Waals surface area contributed by atoms with Crippen molar-refractivity contribution >= 4 is 43.6 Å². The third-order valence-electron chi connectivity index (χ3n) is 8.86. The zero-order valence-electron chi connectivity index (χ0n) is 25.5.